The largest absolute Gasteiger partial charge is 0.493 e. The number of amides is 1. The topological polar surface area (TPSA) is 99.4 Å². The molecular weight excluding hydrogens is 530 g/mol. The van der Waals surface area contributed by atoms with Crippen molar-refractivity contribution in [3.8, 4) is 11.5 Å². The second kappa shape index (κ2) is 11.1. The first-order valence-corrected chi connectivity index (χ1v) is 14.0. The fourth-order valence-electron chi connectivity index (χ4n) is 5.22. The summed E-state index contributed by atoms with van der Waals surface area (Å²) in [4.78, 5) is 48.1. The number of rotatable bonds is 8. The summed E-state index contributed by atoms with van der Waals surface area (Å²) in [5, 5.41) is 0. The van der Waals surface area contributed by atoms with Crippen LogP contribution in [-0.4, -0.2) is 43.8 Å². The maximum atomic E-state index is 14.3. The molecule has 10 heteroatoms. The van der Waals surface area contributed by atoms with E-state index in [0.717, 1.165) is 35.4 Å². The van der Waals surface area contributed by atoms with Gasteiger partial charge in [0.05, 0.1) is 49.4 Å². The van der Waals surface area contributed by atoms with E-state index in [1.165, 1.54) is 18.8 Å². The van der Waals surface area contributed by atoms with E-state index in [1.807, 2.05) is 24.3 Å². The Hall–Kier alpha value is -4.18. The highest BCUT2D eigenvalue weighted by Crippen LogP contribution is 2.37. The number of methoxy groups -OCH3 is 2. The van der Waals surface area contributed by atoms with Gasteiger partial charge in [-0.25, -0.2) is 9.79 Å². The number of hydrogen-bond donors (Lipinski definition) is 0. The number of carbonyl (C=O) groups excluding carboxylic acids is 2. The Labute approximate surface area is 235 Å². The lowest BCUT2D eigenvalue weighted by Gasteiger charge is -2.25. The molecule has 0 aliphatic carbocycles. The van der Waals surface area contributed by atoms with Crippen LogP contribution in [0.2, 0.25) is 0 Å². The Morgan fingerprint density at radius 1 is 1.05 bits per heavy atom. The third kappa shape index (κ3) is 4.42. The Kier molecular flexibility index (Phi) is 7.62. The third-order valence-corrected chi connectivity index (χ3v) is 8.15. The van der Waals surface area contributed by atoms with E-state index >= 15 is 0 Å². The van der Waals surface area contributed by atoms with E-state index in [1.54, 1.807) is 36.9 Å². The van der Waals surface area contributed by atoms with Gasteiger partial charge in [-0.3, -0.25) is 14.2 Å². The fraction of sp³-hybridized carbons (Fsp3) is 0.333. The lowest BCUT2D eigenvalue weighted by molar-refractivity contribution is -0.139. The van der Waals surface area contributed by atoms with Crippen LogP contribution in [0.3, 0.4) is 0 Å². The van der Waals surface area contributed by atoms with Gasteiger partial charge in [-0.05, 0) is 44.0 Å². The zero-order valence-corrected chi connectivity index (χ0v) is 24.0. The van der Waals surface area contributed by atoms with E-state index in [2.05, 4.69) is 11.9 Å². The van der Waals surface area contributed by atoms with Gasteiger partial charge in [0.1, 0.15) is 4.53 Å². The van der Waals surface area contributed by atoms with E-state index in [-0.39, 0.29) is 18.1 Å². The zero-order valence-electron chi connectivity index (χ0n) is 23.1. The van der Waals surface area contributed by atoms with E-state index in [9.17, 15) is 14.4 Å². The second-order valence-electron chi connectivity index (χ2n) is 9.44. The maximum absolute atomic E-state index is 14.3. The number of unbranched alkanes of at least 4 members (excludes halogenated alkanes) is 1. The monoisotopic (exact) mass is 561 g/mol. The van der Waals surface area contributed by atoms with Crippen molar-refractivity contribution in [2.45, 2.75) is 39.7 Å². The number of anilines is 1. The summed E-state index contributed by atoms with van der Waals surface area (Å²) in [7, 11) is 3.06. The van der Waals surface area contributed by atoms with Gasteiger partial charge in [-0.1, -0.05) is 48.9 Å². The average Bonchev–Trinajstić information content (AvgIpc) is 3.42. The highest BCUT2D eigenvalue weighted by molar-refractivity contribution is 7.07. The predicted octanol–water partition coefficient (Wildman–Crippen LogP) is 3.33. The first-order chi connectivity index (χ1) is 19.4. The molecule has 9 nitrogen and oxygen atoms in total. The van der Waals surface area contributed by atoms with Crippen molar-refractivity contribution in [2.75, 3.05) is 32.3 Å². The van der Waals surface area contributed by atoms with Crippen LogP contribution in [-0.2, 0) is 14.3 Å². The zero-order chi connectivity index (χ0) is 28.6. The summed E-state index contributed by atoms with van der Waals surface area (Å²) in [5.74, 6) is 0.201. The number of hydrogen-bond acceptors (Lipinski definition) is 8. The van der Waals surface area contributed by atoms with Gasteiger partial charge >= 0.3 is 5.97 Å². The first kappa shape index (κ1) is 27.4. The molecule has 0 saturated heterocycles. The van der Waals surface area contributed by atoms with Crippen LogP contribution >= 0.6 is 11.3 Å². The Morgan fingerprint density at radius 2 is 1.80 bits per heavy atom. The minimum atomic E-state index is -0.840. The van der Waals surface area contributed by atoms with Crippen molar-refractivity contribution in [3.05, 3.63) is 84.5 Å². The highest BCUT2D eigenvalue weighted by atomic mass is 32.1. The quantitative estimate of drug-likeness (QED) is 0.391. The van der Waals surface area contributed by atoms with Crippen LogP contribution in [0.4, 0.5) is 5.69 Å². The molecule has 208 valence electrons. The van der Waals surface area contributed by atoms with Crippen LogP contribution in [0.1, 0.15) is 50.8 Å². The molecule has 5 rings (SSSR count). The van der Waals surface area contributed by atoms with Gasteiger partial charge in [0.2, 0.25) is 0 Å². The maximum Gasteiger partial charge on any atom is 0.338 e. The molecule has 0 radical (unpaired) electrons. The van der Waals surface area contributed by atoms with Gasteiger partial charge < -0.3 is 19.1 Å². The fourth-order valence-corrected chi connectivity index (χ4v) is 6.35. The normalized spacial score (nSPS) is 17.4. The number of carbonyl (C=O) groups is 2. The summed E-state index contributed by atoms with van der Waals surface area (Å²) >= 11 is 1.16. The number of thiazole rings is 1. The molecule has 0 spiro atoms. The van der Waals surface area contributed by atoms with Crippen molar-refractivity contribution in [3.63, 3.8) is 0 Å². The molecule has 0 fully saturated rings. The molecule has 1 amide bonds. The first-order valence-electron chi connectivity index (χ1n) is 13.2. The lowest BCUT2D eigenvalue weighted by atomic mass is 9.95. The second-order valence-corrected chi connectivity index (χ2v) is 10.4. The van der Waals surface area contributed by atoms with Crippen molar-refractivity contribution >= 4 is 34.5 Å². The molecule has 1 atom stereocenters. The van der Waals surface area contributed by atoms with Crippen molar-refractivity contribution < 1.29 is 23.8 Å². The van der Waals surface area contributed by atoms with Gasteiger partial charge in [0, 0.05) is 12.1 Å². The minimum absolute atomic E-state index is 0.168. The Bertz CT molecular complexity index is 1720. The number of ether oxygens (including phenoxy) is 3. The van der Waals surface area contributed by atoms with E-state index in [0.29, 0.717) is 44.2 Å². The van der Waals surface area contributed by atoms with E-state index < -0.39 is 17.6 Å². The molecule has 0 saturated carbocycles. The molecule has 1 unspecified atom stereocenters. The number of esters is 1. The molecule has 3 aromatic rings. The smallest absolute Gasteiger partial charge is 0.338 e. The molecule has 1 aromatic heterocycles. The number of fused-ring (bicyclic) bond motifs is 2. The number of para-hydroxylation sites is 1. The van der Waals surface area contributed by atoms with Crippen molar-refractivity contribution in [1.29, 1.82) is 0 Å². The summed E-state index contributed by atoms with van der Waals surface area (Å²) in [5.41, 5.74) is 2.79. The molecule has 2 aliphatic rings. The van der Waals surface area contributed by atoms with Crippen LogP contribution in [0.15, 0.2) is 63.5 Å². The Morgan fingerprint density at radius 3 is 2.50 bits per heavy atom. The number of allylic oxidation sites excluding steroid dienone is 1. The van der Waals surface area contributed by atoms with Gasteiger partial charge in [0.15, 0.2) is 16.3 Å². The predicted molar refractivity (Wildman–Crippen MR) is 153 cm³/mol. The summed E-state index contributed by atoms with van der Waals surface area (Å²) < 4.78 is 18.1. The molecular formula is C30H31N3O6S. The van der Waals surface area contributed by atoms with Gasteiger partial charge in [-0.2, -0.15) is 0 Å². The number of aromatic nitrogens is 1. The molecule has 0 N–H and O–H groups in total. The van der Waals surface area contributed by atoms with Gasteiger partial charge in [0.25, 0.3) is 11.5 Å². The third-order valence-electron chi connectivity index (χ3n) is 7.10. The summed E-state index contributed by atoms with van der Waals surface area (Å²) in [6.45, 7) is 6.26. The van der Waals surface area contributed by atoms with E-state index in [4.69, 9.17) is 14.2 Å². The summed E-state index contributed by atoms with van der Waals surface area (Å²) in [6.07, 6.45) is 1.78. The van der Waals surface area contributed by atoms with Gasteiger partial charge in [-0.15, -0.1) is 0 Å². The van der Waals surface area contributed by atoms with Crippen molar-refractivity contribution in [1.82, 2.24) is 4.57 Å². The molecule has 0 bridgehead atoms. The minimum Gasteiger partial charge on any atom is -0.493 e. The lowest BCUT2D eigenvalue weighted by Crippen LogP contribution is -2.41. The number of nitrogens with zero attached hydrogens (tertiary/aromatic N) is 3. The molecule has 2 aliphatic heterocycles. The van der Waals surface area contributed by atoms with Crippen LogP contribution in [0.5, 0.6) is 11.5 Å². The molecule has 40 heavy (non-hydrogen) atoms. The standard InChI is InChI=1S/C30H31N3O6S/c1-6-8-15-32-20-12-10-9-11-19(20)24(27(32)34)26-28(35)33-25(18-13-14-21(37-4)22(16-18)38-5)23(29(36)39-7-2)17(3)31-30(33)40-26/h9-14,16,25H,6-8,15H2,1-5H3/b26-24-. The summed E-state index contributed by atoms with van der Waals surface area (Å²) in [6, 6.07) is 11.9. The highest BCUT2D eigenvalue weighted by Gasteiger charge is 2.37. The van der Waals surface area contributed by atoms with Crippen LogP contribution in [0.25, 0.3) is 5.57 Å². The average molecular weight is 562 g/mol. The van der Waals surface area contributed by atoms with Crippen LogP contribution < -0.4 is 29.3 Å². The molecule has 3 heterocycles. The van der Waals surface area contributed by atoms with Crippen LogP contribution in [0, 0.1) is 0 Å². The SMILES string of the molecule is CCCCN1C(=O)/C(=c2\sc3n(c2=O)C(c2ccc(OC)c(OC)c2)C(C(=O)OCC)=C(C)N=3)c2ccccc21. The Balaban J connectivity index is 1.79. The van der Waals surface area contributed by atoms with Crippen molar-refractivity contribution in [2.24, 2.45) is 4.99 Å². The molecule has 2 aromatic carbocycles. The number of benzene rings is 2.